The molecular weight excluding hydrogens is 312 g/mol. The molecule has 4 heterocycles. The monoisotopic (exact) mass is 342 g/mol. The van der Waals surface area contributed by atoms with E-state index in [2.05, 4.69) is 41.6 Å². The van der Waals surface area contributed by atoms with E-state index < -0.39 is 0 Å². The van der Waals surface area contributed by atoms with Crippen LogP contribution in [0.1, 0.15) is 51.0 Å². The molecule has 0 bridgehead atoms. The van der Waals surface area contributed by atoms with E-state index in [0.717, 1.165) is 67.7 Å². The van der Waals surface area contributed by atoms with Gasteiger partial charge < -0.3 is 4.90 Å². The van der Waals surface area contributed by atoms with Crippen molar-refractivity contribution >= 4 is 11.6 Å². The summed E-state index contributed by atoms with van der Waals surface area (Å²) in [7, 11) is 0. The predicted molar refractivity (Wildman–Crippen MR) is 99.8 cm³/mol. The number of fused-ring (bicyclic) bond motifs is 1. The lowest BCUT2D eigenvalue weighted by Crippen LogP contribution is -2.34. The summed E-state index contributed by atoms with van der Waals surface area (Å²) >= 11 is 0. The van der Waals surface area contributed by atoms with Crippen LogP contribution in [-0.4, -0.2) is 50.7 Å². The fourth-order valence-corrected chi connectivity index (χ4v) is 4.17. The summed E-state index contributed by atoms with van der Waals surface area (Å²) in [5, 5.41) is 4.83. The molecule has 6 heteroatoms. The molecule has 25 heavy (non-hydrogen) atoms. The Bertz CT molecular complexity index is 731. The van der Waals surface area contributed by atoms with Crippen LogP contribution in [-0.2, 0) is 6.54 Å². The van der Waals surface area contributed by atoms with E-state index in [1.165, 1.54) is 25.7 Å². The Kier molecular flexibility index (Phi) is 4.63. The zero-order valence-corrected chi connectivity index (χ0v) is 15.8. The highest BCUT2D eigenvalue weighted by molar-refractivity contribution is 5.48. The van der Waals surface area contributed by atoms with Crippen molar-refractivity contribution in [3.8, 4) is 0 Å². The van der Waals surface area contributed by atoms with Crippen molar-refractivity contribution in [1.82, 2.24) is 24.5 Å². The maximum Gasteiger partial charge on any atom is 0.254 e. The number of aromatic nitrogens is 4. The number of anilines is 1. The van der Waals surface area contributed by atoms with Crippen molar-refractivity contribution in [2.75, 3.05) is 31.1 Å². The van der Waals surface area contributed by atoms with Gasteiger partial charge in [-0.1, -0.05) is 13.8 Å². The number of rotatable bonds is 3. The van der Waals surface area contributed by atoms with Gasteiger partial charge in [-0.15, -0.1) is 5.10 Å². The molecule has 0 unspecified atom stereocenters. The highest BCUT2D eigenvalue weighted by Gasteiger charge is 2.22. The zero-order chi connectivity index (χ0) is 17.4. The van der Waals surface area contributed by atoms with Crippen LogP contribution >= 0.6 is 0 Å². The summed E-state index contributed by atoms with van der Waals surface area (Å²) in [5.41, 5.74) is 1.02. The Morgan fingerprint density at radius 2 is 1.84 bits per heavy atom. The molecule has 136 valence electrons. The summed E-state index contributed by atoms with van der Waals surface area (Å²) in [4.78, 5) is 14.3. The van der Waals surface area contributed by atoms with E-state index >= 15 is 0 Å². The third-order valence-electron chi connectivity index (χ3n) is 5.68. The van der Waals surface area contributed by atoms with Gasteiger partial charge in [-0.25, -0.2) is 4.98 Å². The summed E-state index contributed by atoms with van der Waals surface area (Å²) < 4.78 is 1.96. The zero-order valence-electron chi connectivity index (χ0n) is 15.8. The molecule has 1 atom stereocenters. The third kappa shape index (κ3) is 3.64. The van der Waals surface area contributed by atoms with Crippen LogP contribution in [0.4, 0.5) is 5.82 Å². The number of hydrogen-bond donors (Lipinski definition) is 0. The van der Waals surface area contributed by atoms with E-state index in [1.807, 2.05) is 4.52 Å². The van der Waals surface area contributed by atoms with Gasteiger partial charge in [-0.3, -0.25) is 4.90 Å². The van der Waals surface area contributed by atoms with Crippen molar-refractivity contribution in [3.63, 3.8) is 0 Å². The van der Waals surface area contributed by atoms with Gasteiger partial charge in [0.25, 0.3) is 5.78 Å². The maximum absolute atomic E-state index is 4.83. The molecule has 2 fully saturated rings. The highest BCUT2D eigenvalue weighted by atomic mass is 15.4. The molecule has 0 N–H and O–H groups in total. The predicted octanol–water partition coefficient (Wildman–Crippen LogP) is 2.90. The standard InChI is InChI=1S/C19H30N6/c1-14-6-9-24(10-7-14)18-11-16(3)20-19-21-17(22-25(18)19)13-23-8-4-5-15(2)12-23/h11,14-15H,4-10,12-13H2,1-3H3/t15-/m1/s1. The first-order valence-electron chi connectivity index (χ1n) is 9.79. The van der Waals surface area contributed by atoms with Crippen LogP contribution < -0.4 is 4.90 Å². The Morgan fingerprint density at radius 1 is 1.04 bits per heavy atom. The van der Waals surface area contributed by atoms with Crippen molar-refractivity contribution < 1.29 is 0 Å². The van der Waals surface area contributed by atoms with Crippen molar-refractivity contribution in [2.24, 2.45) is 11.8 Å². The smallest absolute Gasteiger partial charge is 0.254 e. The summed E-state index contributed by atoms with van der Waals surface area (Å²) in [6.07, 6.45) is 5.11. The molecule has 0 aromatic carbocycles. The molecule has 2 aliphatic heterocycles. The minimum atomic E-state index is 0.744. The largest absolute Gasteiger partial charge is 0.356 e. The van der Waals surface area contributed by atoms with Crippen LogP contribution in [0.25, 0.3) is 5.78 Å². The van der Waals surface area contributed by atoms with E-state index in [4.69, 9.17) is 10.1 Å². The fourth-order valence-electron chi connectivity index (χ4n) is 4.17. The highest BCUT2D eigenvalue weighted by Crippen LogP contribution is 2.24. The average molecular weight is 342 g/mol. The second-order valence-electron chi connectivity index (χ2n) is 8.15. The van der Waals surface area contributed by atoms with Gasteiger partial charge in [0.1, 0.15) is 5.82 Å². The topological polar surface area (TPSA) is 49.6 Å². The number of piperidine rings is 2. The maximum atomic E-state index is 4.83. The minimum absolute atomic E-state index is 0.744. The van der Waals surface area contributed by atoms with E-state index in [-0.39, 0.29) is 0 Å². The van der Waals surface area contributed by atoms with Gasteiger partial charge in [0.15, 0.2) is 5.82 Å². The number of likely N-dealkylation sites (tertiary alicyclic amines) is 1. The number of hydrogen-bond acceptors (Lipinski definition) is 5. The van der Waals surface area contributed by atoms with Gasteiger partial charge in [0.05, 0.1) is 6.54 Å². The van der Waals surface area contributed by atoms with Crippen LogP contribution in [0.3, 0.4) is 0 Å². The van der Waals surface area contributed by atoms with E-state index in [0.29, 0.717) is 0 Å². The first-order valence-corrected chi connectivity index (χ1v) is 9.79. The molecule has 2 aromatic rings. The SMILES string of the molecule is Cc1cc(N2CCC(C)CC2)n2nc(CN3CCC[C@@H](C)C3)nc2n1. The second kappa shape index (κ2) is 6.90. The fraction of sp³-hybridized carbons (Fsp3) is 0.737. The molecule has 2 aliphatic rings. The molecule has 6 nitrogen and oxygen atoms in total. The van der Waals surface area contributed by atoms with Crippen LogP contribution in [0.5, 0.6) is 0 Å². The van der Waals surface area contributed by atoms with Crippen LogP contribution in [0, 0.1) is 18.8 Å². The van der Waals surface area contributed by atoms with Gasteiger partial charge in [-0.2, -0.15) is 9.50 Å². The lowest BCUT2D eigenvalue weighted by Gasteiger charge is -2.32. The molecule has 0 amide bonds. The quantitative estimate of drug-likeness (QED) is 0.858. The van der Waals surface area contributed by atoms with Crippen molar-refractivity contribution in [2.45, 2.75) is 53.0 Å². The average Bonchev–Trinajstić information content (AvgIpc) is 2.97. The number of nitrogens with zero attached hydrogens (tertiary/aromatic N) is 6. The summed E-state index contributed by atoms with van der Waals surface area (Å²) in [5.74, 6) is 4.40. The van der Waals surface area contributed by atoms with E-state index in [1.54, 1.807) is 0 Å². The van der Waals surface area contributed by atoms with Gasteiger partial charge in [0, 0.05) is 31.4 Å². The normalized spacial score (nSPS) is 23.5. The molecule has 2 saturated heterocycles. The van der Waals surface area contributed by atoms with Gasteiger partial charge >= 0.3 is 0 Å². The lowest BCUT2D eigenvalue weighted by molar-refractivity contribution is 0.173. The Morgan fingerprint density at radius 3 is 2.60 bits per heavy atom. The third-order valence-corrected chi connectivity index (χ3v) is 5.68. The molecule has 2 aromatic heterocycles. The van der Waals surface area contributed by atoms with Gasteiger partial charge in [0.2, 0.25) is 0 Å². The van der Waals surface area contributed by atoms with Crippen LogP contribution in [0.2, 0.25) is 0 Å². The second-order valence-corrected chi connectivity index (χ2v) is 8.15. The van der Waals surface area contributed by atoms with Gasteiger partial charge in [-0.05, 0) is 51.0 Å². The molecule has 0 spiro atoms. The number of aryl methyl sites for hydroxylation is 1. The molecule has 0 radical (unpaired) electrons. The minimum Gasteiger partial charge on any atom is -0.356 e. The van der Waals surface area contributed by atoms with Crippen LogP contribution in [0.15, 0.2) is 6.07 Å². The van der Waals surface area contributed by atoms with Crippen molar-refractivity contribution in [3.05, 3.63) is 17.6 Å². The first-order chi connectivity index (χ1) is 12.1. The molecular formula is C19H30N6. The van der Waals surface area contributed by atoms with Crippen molar-refractivity contribution in [1.29, 1.82) is 0 Å². The molecule has 4 rings (SSSR count). The molecule has 0 aliphatic carbocycles. The Hall–Kier alpha value is -1.69. The lowest BCUT2D eigenvalue weighted by atomic mass is 9.99. The molecule has 0 saturated carbocycles. The Balaban J connectivity index is 1.60. The summed E-state index contributed by atoms with van der Waals surface area (Å²) in [6.45, 7) is 12.1. The Labute approximate surface area is 150 Å². The van der Waals surface area contributed by atoms with E-state index in [9.17, 15) is 0 Å². The summed E-state index contributed by atoms with van der Waals surface area (Å²) in [6, 6.07) is 2.16. The first kappa shape index (κ1) is 16.8.